The molecule has 0 aliphatic rings. The van der Waals surface area contributed by atoms with Crippen molar-refractivity contribution in [3.8, 4) is 17.6 Å². The summed E-state index contributed by atoms with van der Waals surface area (Å²) >= 11 is 0. The minimum absolute atomic E-state index is 0.409. The van der Waals surface area contributed by atoms with Gasteiger partial charge < -0.3 is 15.2 Å². The average Bonchev–Trinajstić information content (AvgIpc) is 2.46. The van der Waals surface area contributed by atoms with Crippen LogP contribution in [-0.2, 0) is 6.61 Å². The number of nitriles is 1. The predicted molar refractivity (Wildman–Crippen MR) is 72.9 cm³/mol. The molecule has 2 rings (SSSR count). The zero-order chi connectivity index (χ0) is 13.7. The van der Waals surface area contributed by atoms with Gasteiger partial charge in [-0.2, -0.15) is 5.26 Å². The zero-order valence-corrected chi connectivity index (χ0v) is 10.6. The summed E-state index contributed by atoms with van der Waals surface area (Å²) in [4.78, 5) is 0. The van der Waals surface area contributed by atoms with Gasteiger partial charge in [0.15, 0.2) is 11.5 Å². The predicted octanol–water partition coefficient (Wildman–Crippen LogP) is 2.73. The maximum absolute atomic E-state index is 8.72. The van der Waals surface area contributed by atoms with Gasteiger partial charge in [-0.1, -0.05) is 12.1 Å². The van der Waals surface area contributed by atoms with E-state index in [1.54, 1.807) is 37.4 Å². The van der Waals surface area contributed by atoms with E-state index in [-0.39, 0.29) is 0 Å². The van der Waals surface area contributed by atoms with E-state index in [4.69, 9.17) is 20.5 Å². The molecular weight excluding hydrogens is 240 g/mol. The van der Waals surface area contributed by atoms with E-state index in [1.807, 2.05) is 12.1 Å². The van der Waals surface area contributed by atoms with Crippen LogP contribution in [0.15, 0.2) is 42.5 Å². The van der Waals surface area contributed by atoms with Crippen molar-refractivity contribution in [2.24, 2.45) is 0 Å². The van der Waals surface area contributed by atoms with Crippen LogP contribution in [0.1, 0.15) is 11.1 Å². The first-order valence-electron chi connectivity index (χ1n) is 5.78. The number of nitrogen functional groups attached to an aromatic ring is 1. The first kappa shape index (κ1) is 12.8. The number of nitrogens with two attached hydrogens (primary N) is 1. The highest BCUT2D eigenvalue weighted by molar-refractivity contribution is 5.52. The molecule has 0 spiro atoms. The molecule has 4 nitrogen and oxygen atoms in total. The van der Waals surface area contributed by atoms with E-state index in [0.717, 1.165) is 5.56 Å². The normalized spacial score (nSPS) is 9.68. The second-order valence-electron chi connectivity index (χ2n) is 4.01. The Hall–Kier alpha value is -2.67. The number of methoxy groups -OCH3 is 1. The SMILES string of the molecule is COc1cc(N)ccc1OCc1ccc(C#N)cc1. The summed E-state index contributed by atoms with van der Waals surface area (Å²) in [5.74, 6) is 1.25. The second-order valence-corrected chi connectivity index (χ2v) is 4.01. The summed E-state index contributed by atoms with van der Waals surface area (Å²) in [6.45, 7) is 0.409. The fourth-order valence-corrected chi connectivity index (χ4v) is 1.64. The van der Waals surface area contributed by atoms with E-state index < -0.39 is 0 Å². The van der Waals surface area contributed by atoms with E-state index >= 15 is 0 Å². The van der Waals surface area contributed by atoms with Gasteiger partial charge in [0.2, 0.25) is 0 Å². The van der Waals surface area contributed by atoms with E-state index in [0.29, 0.717) is 29.4 Å². The van der Waals surface area contributed by atoms with Crippen LogP contribution in [0, 0.1) is 11.3 Å². The Bertz CT molecular complexity index is 601. The Morgan fingerprint density at radius 2 is 1.84 bits per heavy atom. The smallest absolute Gasteiger partial charge is 0.162 e. The van der Waals surface area contributed by atoms with Crippen LogP contribution in [0.4, 0.5) is 5.69 Å². The largest absolute Gasteiger partial charge is 0.493 e. The molecule has 0 bridgehead atoms. The molecule has 4 heteroatoms. The van der Waals surface area contributed by atoms with Gasteiger partial charge >= 0.3 is 0 Å². The van der Waals surface area contributed by atoms with Crippen molar-refractivity contribution in [3.05, 3.63) is 53.6 Å². The van der Waals surface area contributed by atoms with Crippen LogP contribution in [0.2, 0.25) is 0 Å². The van der Waals surface area contributed by atoms with Crippen LogP contribution >= 0.6 is 0 Å². The molecule has 0 saturated heterocycles. The van der Waals surface area contributed by atoms with Crippen LogP contribution in [0.5, 0.6) is 11.5 Å². The summed E-state index contributed by atoms with van der Waals surface area (Å²) in [5.41, 5.74) is 7.92. The molecule has 2 aromatic rings. The maximum Gasteiger partial charge on any atom is 0.162 e. The highest BCUT2D eigenvalue weighted by Crippen LogP contribution is 2.29. The molecule has 0 aliphatic heterocycles. The number of hydrogen-bond acceptors (Lipinski definition) is 4. The Morgan fingerprint density at radius 1 is 1.11 bits per heavy atom. The number of rotatable bonds is 4. The summed E-state index contributed by atoms with van der Waals surface area (Å²) in [7, 11) is 1.57. The van der Waals surface area contributed by atoms with Crippen molar-refractivity contribution in [1.82, 2.24) is 0 Å². The molecule has 96 valence electrons. The number of benzene rings is 2. The van der Waals surface area contributed by atoms with Gasteiger partial charge in [0.25, 0.3) is 0 Å². The van der Waals surface area contributed by atoms with Crippen molar-refractivity contribution >= 4 is 5.69 Å². The molecule has 0 unspecified atom stereocenters. The number of hydrogen-bond donors (Lipinski definition) is 1. The van der Waals surface area contributed by atoms with Crippen LogP contribution in [-0.4, -0.2) is 7.11 Å². The topological polar surface area (TPSA) is 68.3 Å². The van der Waals surface area contributed by atoms with Crippen molar-refractivity contribution in [1.29, 1.82) is 5.26 Å². The molecular formula is C15H14N2O2. The van der Waals surface area contributed by atoms with Gasteiger partial charge in [0.1, 0.15) is 6.61 Å². The van der Waals surface area contributed by atoms with Crippen molar-refractivity contribution in [3.63, 3.8) is 0 Å². The van der Waals surface area contributed by atoms with Crippen molar-refractivity contribution < 1.29 is 9.47 Å². The van der Waals surface area contributed by atoms with Gasteiger partial charge in [0.05, 0.1) is 18.7 Å². The molecule has 2 aromatic carbocycles. The molecule has 0 atom stereocenters. The number of ether oxygens (including phenoxy) is 2. The molecule has 2 N–H and O–H groups in total. The monoisotopic (exact) mass is 254 g/mol. The van der Waals surface area contributed by atoms with Gasteiger partial charge in [-0.3, -0.25) is 0 Å². The fourth-order valence-electron chi connectivity index (χ4n) is 1.64. The minimum atomic E-state index is 0.409. The standard InChI is InChI=1S/C15H14N2O2/c1-18-15-8-13(17)6-7-14(15)19-10-12-4-2-11(9-16)3-5-12/h2-8H,10,17H2,1H3. The lowest BCUT2D eigenvalue weighted by Gasteiger charge is -2.11. The molecule has 0 aromatic heterocycles. The molecule has 0 aliphatic carbocycles. The van der Waals surface area contributed by atoms with Crippen molar-refractivity contribution in [2.45, 2.75) is 6.61 Å². The Morgan fingerprint density at radius 3 is 2.47 bits per heavy atom. The van der Waals surface area contributed by atoms with Gasteiger partial charge in [-0.25, -0.2) is 0 Å². The third kappa shape index (κ3) is 3.17. The minimum Gasteiger partial charge on any atom is -0.493 e. The summed E-state index contributed by atoms with van der Waals surface area (Å²) < 4.78 is 10.9. The first-order chi connectivity index (χ1) is 9.22. The van der Waals surface area contributed by atoms with Crippen molar-refractivity contribution in [2.75, 3.05) is 12.8 Å². The van der Waals surface area contributed by atoms with Gasteiger partial charge in [-0.05, 0) is 29.8 Å². The summed E-state index contributed by atoms with van der Waals surface area (Å²) in [6, 6.07) is 14.6. The van der Waals surface area contributed by atoms with Crippen LogP contribution in [0.3, 0.4) is 0 Å². The van der Waals surface area contributed by atoms with E-state index in [9.17, 15) is 0 Å². The summed E-state index contributed by atoms with van der Waals surface area (Å²) in [5, 5.41) is 8.72. The second kappa shape index (κ2) is 5.78. The lowest BCUT2D eigenvalue weighted by molar-refractivity contribution is 0.284. The summed E-state index contributed by atoms with van der Waals surface area (Å²) in [6.07, 6.45) is 0. The third-order valence-corrected chi connectivity index (χ3v) is 2.67. The Labute approximate surface area is 112 Å². The van der Waals surface area contributed by atoms with E-state index in [1.165, 1.54) is 0 Å². The number of anilines is 1. The molecule has 0 heterocycles. The highest BCUT2D eigenvalue weighted by Gasteiger charge is 2.05. The van der Waals surface area contributed by atoms with E-state index in [2.05, 4.69) is 6.07 Å². The Balaban J connectivity index is 2.07. The zero-order valence-electron chi connectivity index (χ0n) is 10.6. The third-order valence-electron chi connectivity index (χ3n) is 2.67. The Kier molecular flexibility index (Phi) is 3.89. The molecule has 0 amide bonds. The molecule has 0 saturated carbocycles. The molecule has 0 radical (unpaired) electrons. The lowest BCUT2D eigenvalue weighted by atomic mass is 10.1. The fraction of sp³-hybridized carbons (Fsp3) is 0.133. The van der Waals surface area contributed by atoms with Gasteiger partial charge in [0, 0.05) is 11.8 Å². The first-order valence-corrected chi connectivity index (χ1v) is 5.78. The molecule has 0 fully saturated rings. The quantitative estimate of drug-likeness (QED) is 0.852. The number of nitrogens with zero attached hydrogens (tertiary/aromatic N) is 1. The van der Waals surface area contributed by atoms with Crippen LogP contribution < -0.4 is 15.2 Å². The van der Waals surface area contributed by atoms with Crippen LogP contribution in [0.25, 0.3) is 0 Å². The maximum atomic E-state index is 8.72. The average molecular weight is 254 g/mol. The lowest BCUT2D eigenvalue weighted by Crippen LogP contribution is -1.98. The van der Waals surface area contributed by atoms with Gasteiger partial charge in [-0.15, -0.1) is 0 Å². The highest BCUT2D eigenvalue weighted by atomic mass is 16.5. The molecule has 19 heavy (non-hydrogen) atoms.